The average Bonchev–Trinajstić information content (AvgIpc) is 2.64. The summed E-state index contributed by atoms with van der Waals surface area (Å²) in [5.41, 5.74) is 4.78. The van der Waals surface area contributed by atoms with Gasteiger partial charge in [-0.1, -0.05) is 35.9 Å². The van der Waals surface area contributed by atoms with Crippen molar-refractivity contribution in [1.29, 1.82) is 0 Å². The molecule has 1 aliphatic rings. The molecule has 1 aliphatic heterocycles. The zero-order chi connectivity index (χ0) is 19.7. The van der Waals surface area contributed by atoms with Crippen LogP contribution in [0.2, 0.25) is 0 Å². The van der Waals surface area contributed by atoms with Gasteiger partial charge in [-0.25, -0.2) is 0 Å². The maximum atomic E-state index is 10.5. The number of phenols is 1. The van der Waals surface area contributed by atoms with Gasteiger partial charge in [0.25, 0.3) is 0 Å². The summed E-state index contributed by atoms with van der Waals surface area (Å²) >= 11 is 1.17. The predicted octanol–water partition coefficient (Wildman–Crippen LogP) is 1.83. The van der Waals surface area contributed by atoms with Crippen LogP contribution in [0.25, 0.3) is 0 Å². The number of thioether (sulfide) groups is 1. The molecule has 3 unspecified atom stereocenters. The summed E-state index contributed by atoms with van der Waals surface area (Å²) in [7, 11) is 0. The van der Waals surface area contributed by atoms with E-state index in [1.54, 1.807) is 6.07 Å². The average molecular weight is 391 g/mol. The minimum Gasteiger partial charge on any atom is -0.508 e. The highest BCUT2D eigenvalue weighted by atomic mass is 32.2. The van der Waals surface area contributed by atoms with Crippen LogP contribution < -0.4 is 0 Å². The predicted molar refractivity (Wildman–Crippen MR) is 106 cm³/mol. The highest BCUT2D eigenvalue weighted by molar-refractivity contribution is 8.00. The van der Waals surface area contributed by atoms with Crippen LogP contribution in [0.1, 0.15) is 33.1 Å². The van der Waals surface area contributed by atoms with Gasteiger partial charge in [0.1, 0.15) is 11.9 Å². The third kappa shape index (κ3) is 4.15. The number of rotatable bonds is 4. The number of hydrogen-bond acceptors (Lipinski definition) is 6. The Morgan fingerprint density at radius 3 is 2.22 bits per heavy atom. The van der Waals surface area contributed by atoms with Crippen molar-refractivity contribution in [3.63, 3.8) is 0 Å². The van der Waals surface area contributed by atoms with Crippen LogP contribution in [0.15, 0.2) is 36.4 Å². The van der Waals surface area contributed by atoms with Crippen LogP contribution in [0.4, 0.5) is 0 Å². The molecule has 6 heteroatoms. The molecule has 0 spiro atoms. The second-order valence-corrected chi connectivity index (χ2v) is 8.63. The van der Waals surface area contributed by atoms with E-state index in [0.717, 1.165) is 16.7 Å². The molecule has 3 rings (SSSR count). The topological polar surface area (TPSA) is 101 Å². The lowest BCUT2D eigenvalue weighted by molar-refractivity contribution is -0.0701. The Morgan fingerprint density at radius 2 is 1.59 bits per heavy atom. The van der Waals surface area contributed by atoms with E-state index in [0.29, 0.717) is 12.0 Å². The largest absolute Gasteiger partial charge is 0.508 e. The van der Waals surface area contributed by atoms with E-state index >= 15 is 0 Å². The zero-order valence-corrected chi connectivity index (χ0v) is 16.2. The lowest BCUT2D eigenvalue weighted by atomic mass is 9.92. The smallest absolute Gasteiger partial charge is 0.120 e. The molecule has 2 aromatic carbocycles. The molecule has 0 aliphatic carbocycles. The summed E-state index contributed by atoms with van der Waals surface area (Å²) in [4.78, 5) is 0. The molecule has 146 valence electrons. The third-order valence-electron chi connectivity index (χ3n) is 5.20. The standard InChI is InChI=1S/C21H26O5S/c1-11-3-5-13(6-4-11)8-14-9-15(16(23)7-12(14)2)21-20(26)19(25)18(24)17(10-22)27-21/h3-7,9,17-26H,8,10H2,1-2H3/t17?,18-,19?,20-,21?/m1/s1. The first-order valence-corrected chi connectivity index (χ1v) is 9.94. The Bertz CT molecular complexity index is 790. The van der Waals surface area contributed by atoms with Crippen LogP contribution in [-0.4, -0.2) is 55.7 Å². The van der Waals surface area contributed by atoms with Crippen LogP contribution in [0.3, 0.4) is 0 Å². The van der Waals surface area contributed by atoms with E-state index in [9.17, 15) is 25.5 Å². The normalized spacial score (nSPS) is 28.3. The first kappa shape index (κ1) is 20.2. The molecule has 1 fully saturated rings. The van der Waals surface area contributed by atoms with Crippen LogP contribution in [0, 0.1) is 13.8 Å². The van der Waals surface area contributed by atoms with Crippen molar-refractivity contribution in [3.8, 4) is 5.75 Å². The van der Waals surface area contributed by atoms with Crippen molar-refractivity contribution in [3.05, 3.63) is 64.2 Å². The monoisotopic (exact) mass is 390 g/mol. The van der Waals surface area contributed by atoms with Gasteiger partial charge in [0.15, 0.2) is 0 Å². The van der Waals surface area contributed by atoms with Gasteiger partial charge in [-0.05, 0) is 43.0 Å². The molecule has 0 saturated carbocycles. The molecule has 5 N–H and O–H groups in total. The van der Waals surface area contributed by atoms with Crippen molar-refractivity contribution in [2.75, 3.05) is 6.61 Å². The molecular formula is C21H26O5S. The summed E-state index contributed by atoms with van der Waals surface area (Å²) < 4.78 is 0. The number of aryl methyl sites for hydroxylation is 2. The summed E-state index contributed by atoms with van der Waals surface area (Å²) in [5, 5.41) is 49.3. The highest BCUT2D eigenvalue weighted by Gasteiger charge is 2.44. The van der Waals surface area contributed by atoms with Crippen molar-refractivity contribution < 1.29 is 25.5 Å². The van der Waals surface area contributed by atoms with Gasteiger partial charge in [-0.15, -0.1) is 11.8 Å². The van der Waals surface area contributed by atoms with Crippen LogP contribution >= 0.6 is 11.8 Å². The van der Waals surface area contributed by atoms with E-state index in [2.05, 4.69) is 24.3 Å². The van der Waals surface area contributed by atoms with Gasteiger partial charge in [0, 0.05) is 5.56 Å². The Morgan fingerprint density at radius 1 is 0.926 bits per heavy atom. The minimum atomic E-state index is -1.38. The molecule has 27 heavy (non-hydrogen) atoms. The van der Waals surface area contributed by atoms with E-state index < -0.39 is 28.8 Å². The van der Waals surface area contributed by atoms with E-state index in [-0.39, 0.29) is 12.4 Å². The molecule has 0 bridgehead atoms. The van der Waals surface area contributed by atoms with Gasteiger partial charge in [-0.2, -0.15) is 0 Å². The fourth-order valence-electron chi connectivity index (χ4n) is 3.46. The summed E-state index contributed by atoms with van der Waals surface area (Å²) in [5.74, 6) is 0.0389. The number of benzene rings is 2. The molecule has 0 amide bonds. The van der Waals surface area contributed by atoms with Gasteiger partial charge >= 0.3 is 0 Å². The molecule has 0 radical (unpaired) electrons. The minimum absolute atomic E-state index is 0.0389. The van der Waals surface area contributed by atoms with Gasteiger partial charge in [0.2, 0.25) is 0 Å². The van der Waals surface area contributed by atoms with Gasteiger partial charge < -0.3 is 25.5 Å². The first-order valence-electron chi connectivity index (χ1n) is 9.00. The number of phenolic OH excluding ortho intramolecular Hbond substituents is 1. The van der Waals surface area contributed by atoms with Gasteiger partial charge in [0.05, 0.1) is 29.3 Å². The highest BCUT2D eigenvalue weighted by Crippen LogP contribution is 2.46. The summed E-state index contributed by atoms with van der Waals surface area (Å²) in [6.45, 7) is 3.63. The van der Waals surface area contributed by atoms with Crippen molar-refractivity contribution >= 4 is 11.8 Å². The quantitative estimate of drug-likeness (QED) is 0.546. The number of aliphatic hydroxyl groups excluding tert-OH is 4. The molecule has 0 aromatic heterocycles. The second kappa shape index (κ2) is 8.20. The lowest BCUT2D eigenvalue weighted by Crippen LogP contribution is -2.51. The van der Waals surface area contributed by atoms with E-state index in [4.69, 9.17) is 0 Å². The van der Waals surface area contributed by atoms with Crippen LogP contribution in [0.5, 0.6) is 5.75 Å². The molecule has 1 saturated heterocycles. The van der Waals surface area contributed by atoms with Crippen molar-refractivity contribution in [2.24, 2.45) is 0 Å². The van der Waals surface area contributed by atoms with Gasteiger partial charge in [-0.3, -0.25) is 0 Å². The zero-order valence-electron chi connectivity index (χ0n) is 15.4. The van der Waals surface area contributed by atoms with E-state index in [1.165, 1.54) is 17.3 Å². The Hall–Kier alpha value is -1.57. The lowest BCUT2D eigenvalue weighted by Gasteiger charge is -2.40. The number of aromatic hydroxyl groups is 1. The molecule has 1 heterocycles. The Kier molecular flexibility index (Phi) is 6.13. The second-order valence-electron chi connectivity index (χ2n) is 7.25. The Balaban J connectivity index is 1.94. The first-order chi connectivity index (χ1) is 12.8. The summed E-state index contributed by atoms with van der Waals surface area (Å²) in [6.07, 6.45) is -3.16. The SMILES string of the molecule is Cc1ccc(Cc2cc(C3SC(CO)[C@@H](O)C(O)[C@H]3O)c(O)cc2C)cc1. The maximum absolute atomic E-state index is 10.5. The molecular weight excluding hydrogens is 364 g/mol. The van der Waals surface area contributed by atoms with Crippen LogP contribution in [-0.2, 0) is 6.42 Å². The fourth-order valence-corrected chi connectivity index (χ4v) is 4.90. The number of hydrogen-bond donors (Lipinski definition) is 5. The van der Waals surface area contributed by atoms with E-state index in [1.807, 2.05) is 19.9 Å². The maximum Gasteiger partial charge on any atom is 0.120 e. The molecule has 5 nitrogen and oxygen atoms in total. The van der Waals surface area contributed by atoms with Crippen molar-refractivity contribution in [2.45, 2.75) is 49.1 Å². The molecule has 5 atom stereocenters. The van der Waals surface area contributed by atoms with Crippen molar-refractivity contribution in [1.82, 2.24) is 0 Å². The number of aliphatic hydroxyl groups is 4. The fraction of sp³-hybridized carbons (Fsp3) is 0.429. The third-order valence-corrected chi connectivity index (χ3v) is 6.80. The Labute approximate surface area is 163 Å². The summed E-state index contributed by atoms with van der Waals surface area (Å²) in [6, 6.07) is 11.7. The molecule has 2 aromatic rings.